The van der Waals surface area contributed by atoms with Gasteiger partial charge in [0.2, 0.25) is 11.8 Å². The van der Waals surface area contributed by atoms with Gasteiger partial charge in [-0.3, -0.25) is 9.59 Å². The van der Waals surface area contributed by atoms with E-state index >= 15 is 0 Å². The van der Waals surface area contributed by atoms with Gasteiger partial charge in [0.05, 0.1) is 5.75 Å². The Hall–Kier alpha value is -2.27. The number of amides is 2. The van der Waals surface area contributed by atoms with Crippen molar-refractivity contribution < 1.29 is 9.59 Å². The second-order valence-electron chi connectivity index (χ2n) is 7.10. The summed E-state index contributed by atoms with van der Waals surface area (Å²) >= 11 is 1.50. The number of nitrogens with one attached hydrogen (secondary N) is 1. The maximum atomic E-state index is 13.0. The minimum atomic E-state index is -0.527. The quantitative estimate of drug-likeness (QED) is 0.636. The minimum absolute atomic E-state index is 0.0405. The van der Waals surface area contributed by atoms with Crippen molar-refractivity contribution in [2.24, 2.45) is 0 Å². The third-order valence-corrected chi connectivity index (χ3v) is 5.74. The molecule has 0 radical (unpaired) electrons. The summed E-state index contributed by atoms with van der Waals surface area (Å²) in [6, 6.07) is 17.5. The standard InChI is InChI=1S/C23H30N2O2S/c1-5-18(3)24-23(27)19(4)25(15-20-9-7-6-8-10-20)22(26)16-28-21-13-11-17(2)12-14-21/h6-14,18-19H,5,15-16H2,1-4H3,(H,24,27)/t18-,19-/m1/s1. The van der Waals surface area contributed by atoms with Crippen LogP contribution in [0.15, 0.2) is 59.5 Å². The van der Waals surface area contributed by atoms with Crippen LogP contribution in [0.3, 0.4) is 0 Å². The molecular formula is C23H30N2O2S. The second-order valence-corrected chi connectivity index (χ2v) is 8.15. The van der Waals surface area contributed by atoms with Crippen LogP contribution < -0.4 is 5.32 Å². The molecule has 0 spiro atoms. The van der Waals surface area contributed by atoms with E-state index in [-0.39, 0.29) is 17.9 Å². The van der Waals surface area contributed by atoms with Gasteiger partial charge in [-0.15, -0.1) is 11.8 Å². The van der Waals surface area contributed by atoms with Gasteiger partial charge in [0, 0.05) is 17.5 Å². The van der Waals surface area contributed by atoms with Crippen LogP contribution in [0.2, 0.25) is 0 Å². The molecule has 0 unspecified atom stereocenters. The summed E-state index contributed by atoms with van der Waals surface area (Å²) < 4.78 is 0. The van der Waals surface area contributed by atoms with E-state index in [0.29, 0.717) is 12.3 Å². The number of hydrogen-bond donors (Lipinski definition) is 1. The van der Waals surface area contributed by atoms with Crippen LogP contribution in [0, 0.1) is 6.92 Å². The first-order valence-corrected chi connectivity index (χ1v) is 10.7. The van der Waals surface area contributed by atoms with E-state index < -0.39 is 6.04 Å². The van der Waals surface area contributed by atoms with E-state index in [0.717, 1.165) is 16.9 Å². The molecule has 2 atom stereocenters. The zero-order valence-electron chi connectivity index (χ0n) is 17.1. The number of hydrogen-bond acceptors (Lipinski definition) is 3. The Labute approximate surface area is 172 Å². The molecule has 150 valence electrons. The molecule has 2 amide bonds. The van der Waals surface area contributed by atoms with E-state index in [1.165, 1.54) is 17.3 Å². The summed E-state index contributed by atoms with van der Waals surface area (Å²) in [6.07, 6.45) is 0.856. The lowest BCUT2D eigenvalue weighted by atomic mass is 10.1. The predicted molar refractivity (Wildman–Crippen MR) is 116 cm³/mol. The van der Waals surface area contributed by atoms with Crippen LogP contribution in [-0.2, 0) is 16.1 Å². The third-order valence-electron chi connectivity index (χ3n) is 4.75. The van der Waals surface area contributed by atoms with Crippen molar-refractivity contribution in [2.45, 2.75) is 57.6 Å². The topological polar surface area (TPSA) is 49.4 Å². The highest BCUT2D eigenvalue weighted by molar-refractivity contribution is 8.00. The van der Waals surface area contributed by atoms with Crippen molar-refractivity contribution in [3.05, 3.63) is 65.7 Å². The van der Waals surface area contributed by atoms with Crippen LogP contribution in [0.4, 0.5) is 0 Å². The number of aryl methyl sites for hydroxylation is 1. The maximum absolute atomic E-state index is 13.0. The number of carbonyl (C=O) groups excluding carboxylic acids is 2. The van der Waals surface area contributed by atoms with Crippen molar-refractivity contribution in [2.75, 3.05) is 5.75 Å². The van der Waals surface area contributed by atoms with E-state index in [9.17, 15) is 9.59 Å². The van der Waals surface area contributed by atoms with Gasteiger partial charge in [0.25, 0.3) is 0 Å². The Morgan fingerprint density at radius 3 is 2.29 bits per heavy atom. The number of nitrogens with zero attached hydrogens (tertiary/aromatic N) is 1. The first kappa shape index (κ1) is 22.0. The second kappa shape index (κ2) is 10.9. The fraction of sp³-hybridized carbons (Fsp3) is 0.391. The predicted octanol–water partition coefficient (Wildman–Crippen LogP) is 4.42. The van der Waals surface area contributed by atoms with Gasteiger partial charge >= 0.3 is 0 Å². The zero-order valence-corrected chi connectivity index (χ0v) is 18.0. The number of carbonyl (C=O) groups is 2. The lowest BCUT2D eigenvalue weighted by molar-refractivity contribution is -0.138. The molecule has 0 bridgehead atoms. The highest BCUT2D eigenvalue weighted by Crippen LogP contribution is 2.20. The largest absolute Gasteiger partial charge is 0.352 e. The van der Waals surface area contributed by atoms with Crippen LogP contribution in [0.5, 0.6) is 0 Å². The van der Waals surface area contributed by atoms with E-state index in [2.05, 4.69) is 5.32 Å². The van der Waals surface area contributed by atoms with Gasteiger partial charge in [-0.1, -0.05) is 55.0 Å². The van der Waals surface area contributed by atoms with Crippen molar-refractivity contribution in [3.63, 3.8) is 0 Å². The molecule has 0 heterocycles. The average Bonchev–Trinajstić information content (AvgIpc) is 2.71. The van der Waals surface area contributed by atoms with E-state index in [1.807, 2.05) is 75.4 Å². The lowest BCUT2D eigenvalue weighted by Gasteiger charge is -2.29. The first-order valence-electron chi connectivity index (χ1n) is 9.74. The molecular weight excluding hydrogens is 368 g/mol. The smallest absolute Gasteiger partial charge is 0.242 e. The van der Waals surface area contributed by atoms with Crippen molar-refractivity contribution in [1.82, 2.24) is 10.2 Å². The molecule has 2 rings (SSSR count). The van der Waals surface area contributed by atoms with Gasteiger partial charge in [0.15, 0.2) is 0 Å². The fourth-order valence-corrected chi connectivity index (χ4v) is 3.48. The number of benzene rings is 2. The lowest BCUT2D eigenvalue weighted by Crippen LogP contribution is -2.50. The van der Waals surface area contributed by atoms with Crippen LogP contribution in [0.1, 0.15) is 38.3 Å². The average molecular weight is 399 g/mol. The van der Waals surface area contributed by atoms with Crippen molar-refractivity contribution in [1.29, 1.82) is 0 Å². The summed E-state index contributed by atoms with van der Waals surface area (Å²) in [7, 11) is 0. The highest BCUT2D eigenvalue weighted by Gasteiger charge is 2.26. The Morgan fingerprint density at radius 2 is 1.68 bits per heavy atom. The van der Waals surface area contributed by atoms with Gasteiger partial charge in [-0.05, 0) is 44.9 Å². The molecule has 0 aliphatic rings. The summed E-state index contributed by atoms with van der Waals surface area (Å²) in [5, 5.41) is 2.99. The van der Waals surface area contributed by atoms with Crippen molar-refractivity contribution >= 4 is 23.6 Å². The molecule has 4 nitrogen and oxygen atoms in total. The van der Waals surface area contributed by atoms with E-state index in [4.69, 9.17) is 0 Å². The zero-order chi connectivity index (χ0) is 20.5. The summed E-state index contributed by atoms with van der Waals surface area (Å²) in [5.74, 6) is 0.150. The summed E-state index contributed by atoms with van der Waals surface area (Å²) in [4.78, 5) is 28.4. The van der Waals surface area contributed by atoms with Gasteiger partial charge in [-0.25, -0.2) is 0 Å². The molecule has 0 aliphatic heterocycles. The molecule has 0 saturated heterocycles. The molecule has 1 N–H and O–H groups in total. The molecule has 0 aromatic heterocycles. The monoisotopic (exact) mass is 398 g/mol. The van der Waals surface area contributed by atoms with Gasteiger partial charge in [0.1, 0.15) is 6.04 Å². The Bertz CT molecular complexity index is 762. The number of thioether (sulfide) groups is 1. The van der Waals surface area contributed by atoms with Gasteiger partial charge < -0.3 is 10.2 Å². The molecule has 28 heavy (non-hydrogen) atoms. The highest BCUT2D eigenvalue weighted by atomic mass is 32.2. The first-order chi connectivity index (χ1) is 13.4. The normalized spacial score (nSPS) is 12.9. The Morgan fingerprint density at radius 1 is 1.04 bits per heavy atom. The summed E-state index contributed by atoms with van der Waals surface area (Å²) in [6.45, 7) is 8.26. The molecule has 5 heteroatoms. The molecule has 0 aliphatic carbocycles. The molecule has 0 saturated carbocycles. The Kier molecular flexibility index (Phi) is 8.58. The van der Waals surface area contributed by atoms with Crippen LogP contribution in [-0.4, -0.2) is 34.6 Å². The van der Waals surface area contributed by atoms with Gasteiger partial charge in [-0.2, -0.15) is 0 Å². The minimum Gasteiger partial charge on any atom is -0.352 e. The van der Waals surface area contributed by atoms with Crippen molar-refractivity contribution in [3.8, 4) is 0 Å². The van der Waals surface area contributed by atoms with E-state index in [1.54, 1.807) is 11.8 Å². The Balaban J connectivity index is 2.10. The van der Waals surface area contributed by atoms with Crippen LogP contribution in [0.25, 0.3) is 0 Å². The molecule has 0 fully saturated rings. The fourth-order valence-electron chi connectivity index (χ4n) is 2.69. The molecule has 2 aromatic carbocycles. The SMILES string of the molecule is CC[C@@H](C)NC(=O)[C@@H](C)N(Cc1ccccc1)C(=O)CSc1ccc(C)cc1. The summed E-state index contributed by atoms with van der Waals surface area (Å²) in [5.41, 5.74) is 2.20. The molecule has 2 aromatic rings. The third kappa shape index (κ3) is 6.71. The van der Waals surface area contributed by atoms with Crippen LogP contribution >= 0.6 is 11.8 Å². The maximum Gasteiger partial charge on any atom is 0.242 e. The number of rotatable bonds is 9.